The minimum Gasteiger partial charge on any atom is -0.289 e. The van der Waals surface area contributed by atoms with Gasteiger partial charge in [-0.05, 0) is 30.7 Å². The lowest BCUT2D eigenvalue weighted by Crippen LogP contribution is -2.15. The van der Waals surface area contributed by atoms with Crippen LogP contribution in [0.1, 0.15) is 21.5 Å². The minimum absolute atomic E-state index is 0.105. The van der Waals surface area contributed by atoms with Gasteiger partial charge in [-0.2, -0.15) is 0 Å². The maximum atomic E-state index is 12.4. The molecule has 2 aromatic carbocycles. The fourth-order valence-electron chi connectivity index (χ4n) is 2.44. The summed E-state index contributed by atoms with van der Waals surface area (Å²) in [5.41, 5.74) is 1.43. The van der Waals surface area contributed by atoms with Gasteiger partial charge >= 0.3 is 0 Å². The van der Waals surface area contributed by atoms with E-state index in [4.69, 9.17) is 0 Å². The van der Waals surface area contributed by atoms with Gasteiger partial charge in [0.1, 0.15) is 6.33 Å². The SMILES string of the molecule is Cc1c(C(=O)Nc2ncn(Cc3ccc(Br)cc3)n2)cccc1[N+](=O)[O-]. The van der Waals surface area contributed by atoms with E-state index >= 15 is 0 Å². The standard InChI is InChI=1S/C17H14BrN5O3/c1-11-14(3-2-4-15(11)23(25)26)16(24)20-17-19-10-22(21-17)9-12-5-7-13(18)8-6-12/h2-8,10H,9H2,1H3,(H,20,21,24). The second-order valence-corrected chi connectivity index (χ2v) is 6.47. The molecule has 132 valence electrons. The van der Waals surface area contributed by atoms with Gasteiger partial charge in [-0.3, -0.25) is 20.2 Å². The van der Waals surface area contributed by atoms with E-state index in [0.717, 1.165) is 10.0 Å². The molecule has 0 aliphatic carbocycles. The van der Waals surface area contributed by atoms with E-state index in [9.17, 15) is 14.9 Å². The Morgan fingerprint density at radius 1 is 1.27 bits per heavy atom. The highest BCUT2D eigenvalue weighted by atomic mass is 79.9. The number of nitro benzene ring substituents is 1. The maximum Gasteiger partial charge on any atom is 0.273 e. The molecule has 1 amide bonds. The smallest absolute Gasteiger partial charge is 0.273 e. The number of rotatable bonds is 5. The molecule has 0 unspecified atom stereocenters. The quantitative estimate of drug-likeness (QED) is 0.506. The predicted octanol–water partition coefficient (Wildman–Crippen LogP) is 3.56. The van der Waals surface area contributed by atoms with Crippen molar-refractivity contribution in [3.8, 4) is 0 Å². The Morgan fingerprint density at radius 3 is 2.69 bits per heavy atom. The second kappa shape index (κ2) is 7.44. The van der Waals surface area contributed by atoms with Crippen LogP contribution in [0.2, 0.25) is 0 Å². The van der Waals surface area contributed by atoms with Crippen molar-refractivity contribution >= 4 is 33.5 Å². The Morgan fingerprint density at radius 2 is 2.00 bits per heavy atom. The molecule has 3 rings (SSSR count). The first-order chi connectivity index (χ1) is 12.4. The normalized spacial score (nSPS) is 10.5. The highest BCUT2D eigenvalue weighted by Crippen LogP contribution is 2.21. The Kier molecular flexibility index (Phi) is 5.08. The molecule has 0 fully saturated rings. The van der Waals surface area contributed by atoms with Crippen LogP contribution in [0.15, 0.2) is 53.3 Å². The first kappa shape index (κ1) is 17.7. The lowest BCUT2D eigenvalue weighted by atomic mass is 10.1. The van der Waals surface area contributed by atoms with E-state index in [1.165, 1.54) is 31.5 Å². The summed E-state index contributed by atoms with van der Waals surface area (Å²) in [7, 11) is 0. The van der Waals surface area contributed by atoms with Crippen LogP contribution in [-0.2, 0) is 6.54 Å². The second-order valence-electron chi connectivity index (χ2n) is 5.55. The van der Waals surface area contributed by atoms with Crippen LogP contribution in [0.4, 0.5) is 11.6 Å². The minimum atomic E-state index is -0.517. The number of carbonyl (C=O) groups is 1. The number of nitrogens with one attached hydrogen (secondary N) is 1. The first-order valence-corrected chi connectivity index (χ1v) is 8.42. The molecule has 9 heteroatoms. The van der Waals surface area contributed by atoms with Gasteiger partial charge in [0, 0.05) is 21.7 Å². The van der Waals surface area contributed by atoms with Gasteiger partial charge in [-0.25, -0.2) is 9.67 Å². The zero-order valence-corrected chi connectivity index (χ0v) is 15.3. The highest BCUT2D eigenvalue weighted by molar-refractivity contribution is 9.10. The van der Waals surface area contributed by atoms with Crippen LogP contribution in [0, 0.1) is 17.0 Å². The van der Waals surface area contributed by atoms with Crippen LogP contribution in [0.3, 0.4) is 0 Å². The molecule has 0 aliphatic heterocycles. The molecule has 0 radical (unpaired) electrons. The number of anilines is 1. The Balaban J connectivity index is 1.73. The molecule has 0 spiro atoms. The van der Waals surface area contributed by atoms with Crippen LogP contribution in [0.25, 0.3) is 0 Å². The monoisotopic (exact) mass is 415 g/mol. The largest absolute Gasteiger partial charge is 0.289 e. The summed E-state index contributed by atoms with van der Waals surface area (Å²) in [4.78, 5) is 26.9. The number of nitrogens with zero attached hydrogens (tertiary/aromatic N) is 4. The lowest BCUT2D eigenvalue weighted by molar-refractivity contribution is -0.385. The van der Waals surface area contributed by atoms with Gasteiger partial charge in [0.2, 0.25) is 5.95 Å². The third-order valence-electron chi connectivity index (χ3n) is 3.77. The van der Waals surface area contributed by atoms with E-state index in [0.29, 0.717) is 12.1 Å². The number of hydrogen-bond acceptors (Lipinski definition) is 5. The van der Waals surface area contributed by atoms with Crippen molar-refractivity contribution in [2.45, 2.75) is 13.5 Å². The Bertz CT molecular complexity index is 969. The van der Waals surface area contributed by atoms with Crippen LogP contribution < -0.4 is 5.32 Å². The topological polar surface area (TPSA) is 103 Å². The molecule has 3 aromatic rings. The summed E-state index contributed by atoms with van der Waals surface area (Å²) in [6.07, 6.45) is 1.51. The molecule has 0 aliphatic rings. The summed E-state index contributed by atoms with van der Waals surface area (Å²) in [6, 6.07) is 12.1. The summed E-state index contributed by atoms with van der Waals surface area (Å²) in [6.45, 7) is 2.04. The highest BCUT2D eigenvalue weighted by Gasteiger charge is 2.18. The number of halogens is 1. The number of amides is 1. The molecule has 1 heterocycles. The predicted molar refractivity (Wildman–Crippen MR) is 99.1 cm³/mol. The number of carbonyl (C=O) groups excluding carboxylic acids is 1. The van der Waals surface area contributed by atoms with Gasteiger partial charge in [-0.15, -0.1) is 5.10 Å². The van der Waals surface area contributed by atoms with Gasteiger partial charge in [0.25, 0.3) is 11.6 Å². The van der Waals surface area contributed by atoms with E-state index in [2.05, 4.69) is 31.3 Å². The number of nitro groups is 1. The van der Waals surface area contributed by atoms with Crippen molar-refractivity contribution in [3.63, 3.8) is 0 Å². The van der Waals surface area contributed by atoms with E-state index < -0.39 is 10.8 Å². The summed E-state index contributed by atoms with van der Waals surface area (Å²) < 4.78 is 2.58. The fraction of sp³-hybridized carbons (Fsp3) is 0.118. The molecule has 0 saturated carbocycles. The number of hydrogen-bond donors (Lipinski definition) is 1. The van der Waals surface area contributed by atoms with E-state index in [1.54, 1.807) is 4.68 Å². The van der Waals surface area contributed by atoms with Crippen molar-refractivity contribution in [1.82, 2.24) is 14.8 Å². The molecule has 1 N–H and O–H groups in total. The van der Waals surface area contributed by atoms with Crippen molar-refractivity contribution < 1.29 is 9.72 Å². The van der Waals surface area contributed by atoms with Crippen LogP contribution in [0.5, 0.6) is 0 Å². The molecule has 8 nitrogen and oxygen atoms in total. The van der Waals surface area contributed by atoms with Gasteiger partial charge in [0.05, 0.1) is 11.5 Å². The van der Waals surface area contributed by atoms with Crippen LogP contribution in [-0.4, -0.2) is 25.6 Å². The lowest BCUT2D eigenvalue weighted by Gasteiger charge is -2.05. The molecular formula is C17H14BrN5O3. The summed E-state index contributed by atoms with van der Waals surface area (Å²) in [5, 5.41) is 17.8. The molecule has 0 saturated heterocycles. The number of aromatic nitrogens is 3. The maximum absolute atomic E-state index is 12.4. The van der Waals surface area contributed by atoms with Crippen molar-refractivity contribution in [3.05, 3.63) is 80.1 Å². The van der Waals surface area contributed by atoms with Gasteiger partial charge < -0.3 is 0 Å². The number of benzene rings is 2. The average molecular weight is 416 g/mol. The van der Waals surface area contributed by atoms with E-state index in [-0.39, 0.29) is 17.2 Å². The van der Waals surface area contributed by atoms with Crippen molar-refractivity contribution in [2.24, 2.45) is 0 Å². The van der Waals surface area contributed by atoms with Gasteiger partial charge in [0.15, 0.2) is 0 Å². The Hall–Kier alpha value is -3.07. The van der Waals surface area contributed by atoms with Crippen molar-refractivity contribution in [1.29, 1.82) is 0 Å². The first-order valence-electron chi connectivity index (χ1n) is 7.63. The molecule has 1 aromatic heterocycles. The van der Waals surface area contributed by atoms with E-state index in [1.807, 2.05) is 24.3 Å². The summed E-state index contributed by atoms with van der Waals surface area (Å²) in [5.74, 6) is -0.356. The van der Waals surface area contributed by atoms with Gasteiger partial charge in [-0.1, -0.05) is 34.1 Å². The fourth-order valence-corrected chi connectivity index (χ4v) is 2.71. The third kappa shape index (κ3) is 3.94. The van der Waals surface area contributed by atoms with Crippen molar-refractivity contribution in [2.75, 3.05) is 5.32 Å². The average Bonchev–Trinajstić information content (AvgIpc) is 3.03. The zero-order chi connectivity index (χ0) is 18.7. The van der Waals surface area contributed by atoms with Crippen LogP contribution >= 0.6 is 15.9 Å². The molecular weight excluding hydrogens is 402 g/mol. The zero-order valence-electron chi connectivity index (χ0n) is 13.7. The molecule has 26 heavy (non-hydrogen) atoms. The molecule has 0 bridgehead atoms. The summed E-state index contributed by atoms with van der Waals surface area (Å²) >= 11 is 3.38. The molecule has 0 atom stereocenters. The third-order valence-corrected chi connectivity index (χ3v) is 4.29. The Labute approximate surface area is 157 Å².